The van der Waals surface area contributed by atoms with E-state index < -0.39 is 17.6 Å². The summed E-state index contributed by atoms with van der Waals surface area (Å²) >= 11 is 0. The number of carbonyl (C=O) groups excluding carboxylic acids is 1. The Hall–Kier alpha value is -3.35. The van der Waals surface area contributed by atoms with Crippen molar-refractivity contribution in [2.45, 2.75) is 12.7 Å². The average molecular weight is 372 g/mol. The number of hydrogen-bond acceptors (Lipinski definition) is 2. The van der Waals surface area contributed by atoms with Crippen LogP contribution in [0.3, 0.4) is 0 Å². The first-order valence-corrected chi connectivity index (χ1v) is 8.08. The third kappa shape index (κ3) is 4.25. The van der Waals surface area contributed by atoms with Gasteiger partial charge in [-0.05, 0) is 35.4 Å². The largest absolute Gasteiger partial charge is 0.618 e. The zero-order valence-electron chi connectivity index (χ0n) is 14.0. The molecule has 7 heteroatoms. The number of benzene rings is 2. The molecule has 0 aliphatic carbocycles. The summed E-state index contributed by atoms with van der Waals surface area (Å²) in [6.07, 6.45) is -3.18. The quantitative estimate of drug-likeness (QED) is 0.557. The summed E-state index contributed by atoms with van der Waals surface area (Å²) in [7, 11) is 0. The van der Waals surface area contributed by atoms with Gasteiger partial charge in [-0.1, -0.05) is 30.3 Å². The van der Waals surface area contributed by atoms with E-state index in [9.17, 15) is 23.2 Å². The van der Waals surface area contributed by atoms with Gasteiger partial charge in [0.15, 0.2) is 6.20 Å². The van der Waals surface area contributed by atoms with Crippen molar-refractivity contribution >= 4 is 5.91 Å². The van der Waals surface area contributed by atoms with Crippen LogP contribution in [0.4, 0.5) is 13.2 Å². The second kappa shape index (κ2) is 7.49. The molecule has 0 bridgehead atoms. The van der Waals surface area contributed by atoms with Gasteiger partial charge in [0.2, 0.25) is 5.69 Å². The second-order valence-electron chi connectivity index (χ2n) is 5.82. The zero-order chi connectivity index (χ0) is 19.4. The summed E-state index contributed by atoms with van der Waals surface area (Å²) in [5.74, 6) is -0.481. The van der Waals surface area contributed by atoms with Crippen LogP contribution in [0, 0.1) is 5.21 Å². The summed E-state index contributed by atoms with van der Waals surface area (Å²) in [5, 5.41) is 14.2. The van der Waals surface area contributed by atoms with Crippen LogP contribution in [-0.2, 0) is 12.7 Å². The molecule has 3 rings (SSSR count). The van der Waals surface area contributed by atoms with Crippen molar-refractivity contribution < 1.29 is 22.7 Å². The minimum absolute atomic E-state index is 0.000101. The van der Waals surface area contributed by atoms with E-state index in [1.54, 1.807) is 18.2 Å². The topological polar surface area (TPSA) is 56.0 Å². The SMILES string of the molecule is O=C(NCc1cccc[n+]1[O-])c1cccc(-c2ccccc2C(F)(F)F)c1. The lowest BCUT2D eigenvalue weighted by Gasteiger charge is -2.13. The van der Waals surface area contributed by atoms with E-state index in [1.807, 2.05) is 0 Å². The van der Waals surface area contributed by atoms with Crippen LogP contribution >= 0.6 is 0 Å². The molecule has 27 heavy (non-hydrogen) atoms. The highest BCUT2D eigenvalue weighted by Crippen LogP contribution is 2.37. The number of hydrogen-bond donors (Lipinski definition) is 1. The Morgan fingerprint density at radius 3 is 2.48 bits per heavy atom. The fourth-order valence-corrected chi connectivity index (χ4v) is 2.68. The first-order chi connectivity index (χ1) is 12.9. The Kier molecular flexibility index (Phi) is 5.12. The molecular formula is C20H15F3N2O2. The molecule has 1 amide bonds. The van der Waals surface area contributed by atoms with E-state index in [1.165, 1.54) is 48.7 Å². The van der Waals surface area contributed by atoms with Gasteiger partial charge in [0.25, 0.3) is 5.91 Å². The molecule has 0 saturated carbocycles. The van der Waals surface area contributed by atoms with Crippen molar-refractivity contribution in [1.29, 1.82) is 0 Å². The molecule has 1 aromatic heterocycles. The number of pyridine rings is 1. The van der Waals surface area contributed by atoms with E-state index in [-0.39, 0.29) is 23.2 Å². The molecule has 1 N–H and O–H groups in total. The van der Waals surface area contributed by atoms with E-state index in [0.717, 1.165) is 6.07 Å². The Labute approximate surface area is 153 Å². The number of nitrogens with one attached hydrogen (secondary N) is 1. The van der Waals surface area contributed by atoms with Crippen LogP contribution in [-0.4, -0.2) is 5.91 Å². The maximum atomic E-state index is 13.2. The molecule has 0 radical (unpaired) electrons. The number of nitrogens with zero attached hydrogens (tertiary/aromatic N) is 1. The molecular weight excluding hydrogens is 357 g/mol. The van der Waals surface area contributed by atoms with Crippen molar-refractivity contribution in [3.8, 4) is 11.1 Å². The number of alkyl halides is 3. The molecule has 1 heterocycles. The number of halogens is 3. The molecule has 0 spiro atoms. The molecule has 0 saturated heterocycles. The summed E-state index contributed by atoms with van der Waals surface area (Å²) in [6, 6.07) is 16.0. The van der Waals surface area contributed by atoms with Crippen LogP contribution < -0.4 is 10.0 Å². The van der Waals surface area contributed by atoms with Gasteiger partial charge < -0.3 is 10.5 Å². The zero-order valence-corrected chi connectivity index (χ0v) is 14.0. The fraction of sp³-hybridized carbons (Fsp3) is 0.100. The van der Waals surface area contributed by atoms with Crippen LogP contribution in [0.15, 0.2) is 72.9 Å². The summed E-state index contributed by atoms with van der Waals surface area (Å²) < 4.78 is 40.3. The van der Waals surface area contributed by atoms with E-state index in [4.69, 9.17) is 0 Å². The summed E-state index contributed by atoms with van der Waals surface area (Å²) in [5.41, 5.74) is 0.0794. The predicted molar refractivity (Wildman–Crippen MR) is 93.5 cm³/mol. The van der Waals surface area contributed by atoms with Crippen LogP contribution in [0.1, 0.15) is 21.6 Å². The first kappa shape index (κ1) is 18.4. The number of amides is 1. The van der Waals surface area contributed by atoms with Gasteiger partial charge in [-0.2, -0.15) is 17.9 Å². The molecule has 0 aliphatic heterocycles. The van der Waals surface area contributed by atoms with Crippen molar-refractivity contribution in [3.63, 3.8) is 0 Å². The summed E-state index contributed by atoms with van der Waals surface area (Å²) in [6.45, 7) is 0.00649. The number of rotatable bonds is 4. The lowest BCUT2D eigenvalue weighted by atomic mass is 9.97. The van der Waals surface area contributed by atoms with Gasteiger partial charge in [-0.25, -0.2) is 0 Å². The monoisotopic (exact) mass is 372 g/mol. The third-order valence-electron chi connectivity index (χ3n) is 4.00. The smallest absolute Gasteiger partial charge is 0.417 e. The highest BCUT2D eigenvalue weighted by atomic mass is 19.4. The van der Waals surface area contributed by atoms with Crippen LogP contribution in [0.5, 0.6) is 0 Å². The first-order valence-electron chi connectivity index (χ1n) is 8.08. The lowest BCUT2D eigenvalue weighted by Crippen LogP contribution is -2.35. The second-order valence-corrected chi connectivity index (χ2v) is 5.82. The highest BCUT2D eigenvalue weighted by molar-refractivity contribution is 5.95. The lowest BCUT2D eigenvalue weighted by molar-refractivity contribution is -0.614. The minimum atomic E-state index is -4.50. The van der Waals surface area contributed by atoms with Crippen molar-refractivity contribution in [3.05, 3.63) is 95.0 Å². The molecule has 4 nitrogen and oxygen atoms in total. The Morgan fingerprint density at radius 1 is 1.00 bits per heavy atom. The van der Waals surface area contributed by atoms with E-state index in [0.29, 0.717) is 10.4 Å². The maximum absolute atomic E-state index is 13.2. The van der Waals surface area contributed by atoms with E-state index >= 15 is 0 Å². The Balaban J connectivity index is 1.84. The highest BCUT2D eigenvalue weighted by Gasteiger charge is 2.33. The Morgan fingerprint density at radius 2 is 1.74 bits per heavy atom. The molecule has 3 aromatic rings. The van der Waals surface area contributed by atoms with Crippen LogP contribution in [0.25, 0.3) is 11.1 Å². The minimum Gasteiger partial charge on any atom is -0.618 e. The third-order valence-corrected chi connectivity index (χ3v) is 4.00. The van der Waals surface area contributed by atoms with Crippen molar-refractivity contribution in [2.24, 2.45) is 0 Å². The van der Waals surface area contributed by atoms with Crippen LogP contribution in [0.2, 0.25) is 0 Å². The molecule has 2 aromatic carbocycles. The average Bonchev–Trinajstić information content (AvgIpc) is 2.66. The maximum Gasteiger partial charge on any atom is 0.417 e. The standard InChI is InChI=1S/C20H15F3N2O2/c21-20(22,23)18-10-2-1-9-17(18)14-6-5-7-15(12-14)19(26)24-13-16-8-3-4-11-25(16)27/h1-12H,13H2,(H,24,26). The molecule has 138 valence electrons. The van der Waals surface area contributed by atoms with Gasteiger partial charge in [0.05, 0.1) is 5.56 Å². The van der Waals surface area contributed by atoms with Crippen molar-refractivity contribution in [1.82, 2.24) is 5.32 Å². The normalized spacial score (nSPS) is 11.2. The van der Waals surface area contributed by atoms with E-state index in [2.05, 4.69) is 5.32 Å². The molecule has 0 fully saturated rings. The predicted octanol–water partition coefficient (Wildman–Crippen LogP) is 3.94. The fourth-order valence-electron chi connectivity index (χ4n) is 2.68. The number of carbonyl (C=O) groups is 1. The summed E-state index contributed by atoms with van der Waals surface area (Å²) in [4.78, 5) is 12.4. The number of aromatic nitrogens is 1. The van der Waals surface area contributed by atoms with Crippen molar-refractivity contribution in [2.75, 3.05) is 0 Å². The van der Waals surface area contributed by atoms with Gasteiger partial charge in [-0.15, -0.1) is 0 Å². The Bertz CT molecular complexity index is 971. The van der Waals surface area contributed by atoms with Gasteiger partial charge in [0.1, 0.15) is 6.54 Å². The van der Waals surface area contributed by atoms with Gasteiger partial charge in [-0.3, -0.25) is 4.79 Å². The molecule has 0 atom stereocenters. The van der Waals surface area contributed by atoms with Gasteiger partial charge >= 0.3 is 6.18 Å². The molecule has 0 unspecified atom stereocenters. The molecule has 0 aliphatic rings. The van der Waals surface area contributed by atoms with Gasteiger partial charge in [0, 0.05) is 17.7 Å².